The van der Waals surface area contributed by atoms with Gasteiger partial charge in [-0.15, -0.1) is 0 Å². The van der Waals surface area contributed by atoms with E-state index >= 15 is 0 Å². The van der Waals surface area contributed by atoms with Gasteiger partial charge in [0.05, 0.1) is 0 Å². The maximum absolute atomic E-state index is 3.22. The number of nitrogens with one attached hydrogen (secondary N) is 2. The van der Waals surface area contributed by atoms with Gasteiger partial charge in [0, 0.05) is 29.0 Å². The van der Waals surface area contributed by atoms with E-state index in [0.717, 1.165) is 26.2 Å². The standard InChI is InChI=1S/C4H10N2.2H2/c1-2-6-4-3-5-1;;/h5-6H,1-4H2;2*1H. The van der Waals surface area contributed by atoms with E-state index in [1.165, 1.54) is 0 Å². The molecule has 0 atom stereocenters. The average molecular weight is 90.2 g/mol. The number of piperazine rings is 1. The molecule has 1 aliphatic rings. The van der Waals surface area contributed by atoms with E-state index in [1.54, 1.807) is 0 Å². The Kier molecular flexibility index (Phi) is 1.47. The van der Waals surface area contributed by atoms with Crippen LogP contribution < -0.4 is 10.6 Å². The maximum atomic E-state index is 3.22. The van der Waals surface area contributed by atoms with Gasteiger partial charge < -0.3 is 10.6 Å². The third-order valence-electron chi connectivity index (χ3n) is 0.957. The summed E-state index contributed by atoms with van der Waals surface area (Å²) in [6.07, 6.45) is 0. The lowest BCUT2D eigenvalue weighted by atomic mass is 10.4. The van der Waals surface area contributed by atoms with Crippen LogP contribution in [0.15, 0.2) is 0 Å². The van der Waals surface area contributed by atoms with E-state index in [9.17, 15) is 0 Å². The lowest BCUT2D eigenvalue weighted by molar-refractivity contribution is 0.534. The predicted molar refractivity (Wildman–Crippen MR) is 30.0 cm³/mol. The lowest BCUT2D eigenvalue weighted by Gasteiger charge is -2.11. The molecule has 2 nitrogen and oxygen atoms in total. The topological polar surface area (TPSA) is 24.1 Å². The molecule has 6 heavy (non-hydrogen) atoms. The van der Waals surface area contributed by atoms with E-state index in [2.05, 4.69) is 10.6 Å². The molecule has 0 aromatic heterocycles. The minimum absolute atomic E-state index is 0. The number of hydrogen-bond donors (Lipinski definition) is 2. The molecule has 40 valence electrons. The molecule has 1 aliphatic heterocycles. The van der Waals surface area contributed by atoms with Gasteiger partial charge >= 0.3 is 0 Å². The fourth-order valence-electron chi connectivity index (χ4n) is 0.604. The maximum Gasteiger partial charge on any atom is 0.00772 e. The highest BCUT2D eigenvalue weighted by Gasteiger charge is 1.91. The SMILES string of the molecule is C1CNCCN1.[HH].[HH]. The normalized spacial score (nSPS) is 24.0. The highest BCUT2D eigenvalue weighted by molar-refractivity contribution is 4.59. The van der Waals surface area contributed by atoms with Gasteiger partial charge in [0.25, 0.3) is 0 Å². The van der Waals surface area contributed by atoms with Crippen molar-refractivity contribution >= 4 is 0 Å². The molecule has 1 rings (SSSR count). The highest BCUT2D eigenvalue weighted by atomic mass is 15.0. The molecule has 0 bridgehead atoms. The van der Waals surface area contributed by atoms with E-state index in [1.807, 2.05) is 0 Å². The van der Waals surface area contributed by atoms with Crippen molar-refractivity contribution in [1.82, 2.24) is 10.6 Å². The van der Waals surface area contributed by atoms with Crippen LogP contribution in [0.4, 0.5) is 0 Å². The van der Waals surface area contributed by atoms with Gasteiger partial charge in [-0.05, 0) is 0 Å². The van der Waals surface area contributed by atoms with Crippen LogP contribution in [0.1, 0.15) is 2.85 Å². The Morgan fingerprint density at radius 1 is 0.833 bits per heavy atom. The molecule has 0 saturated carbocycles. The van der Waals surface area contributed by atoms with Crippen molar-refractivity contribution < 1.29 is 2.85 Å². The Morgan fingerprint density at radius 3 is 1.33 bits per heavy atom. The van der Waals surface area contributed by atoms with Crippen LogP contribution in [0, 0.1) is 0 Å². The van der Waals surface area contributed by atoms with Gasteiger partial charge in [0.2, 0.25) is 0 Å². The van der Waals surface area contributed by atoms with Crippen molar-refractivity contribution in [1.29, 1.82) is 0 Å². The van der Waals surface area contributed by atoms with Crippen LogP contribution >= 0.6 is 0 Å². The minimum atomic E-state index is 0. The first-order valence-corrected chi connectivity index (χ1v) is 2.41. The zero-order valence-electron chi connectivity index (χ0n) is 3.83. The molecule has 0 aliphatic carbocycles. The lowest BCUT2D eigenvalue weighted by Crippen LogP contribution is -2.39. The van der Waals surface area contributed by atoms with Gasteiger partial charge in [0.15, 0.2) is 0 Å². The molecule has 2 heteroatoms. The first-order chi connectivity index (χ1) is 3.00. The van der Waals surface area contributed by atoms with Crippen molar-refractivity contribution in [3.05, 3.63) is 0 Å². The summed E-state index contributed by atoms with van der Waals surface area (Å²) < 4.78 is 0. The van der Waals surface area contributed by atoms with E-state index in [4.69, 9.17) is 0 Å². The summed E-state index contributed by atoms with van der Waals surface area (Å²) in [5, 5.41) is 6.44. The van der Waals surface area contributed by atoms with Crippen LogP contribution in [-0.2, 0) is 0 Å². The first kappa shape index (κ1) is 4.09. The molecule has 0 amide bonds. The number of rotatable bonds is 0. The summed E-state index contributed by atoms with van der Waals surface area (Å²) in [6.45, 7) is 4.56. The third kappa shape index (κ3) is 0.954. The molecule has 1 saturated heterocycles. The molecule has 1 fully saturated rings. The smallest absolute Gasteiger partial charge is 0.00772 e. The molecule has 0 spiro atoms. The molecular weight excluding hydrogens is 76.1 g/mol. The second-order valence-electron chi connectivity index (χ2n) is 1.50. The predicted octanol–water partition coefficient (Wildman–Crippen LogP) is -0.329. The largest absolute Gasteiger partial charge is 0.314 e. The molecule has 1 heterocycles. The summed E-state index contributed by atoms with van der Waals surface area (Å²) in [6, 6.07) is 0. The Morgan fingerprint density at radius 2 is 1.17 bits per heavy atom. The highest BCUT2D eigenvalue weighted by Crippen LogP contribution is 1.65. The number of hydrogen-bond acceptors (Lipinski definition) is 2. The van der Waals surface area contributed by atoms with E-state index < -0.39 is 0 Å². The molecule has 0 unspecified atom stereocenters. The fourth-order valence-corrected chi connectivity index (χ4v) is 0.604. The Hall–Kier alpha value is -0.0800. The Balaban J connectivity index is 0. The summed E-state index contributed by atoms with van der Waals surface area (Å²) in [4.78, 5) is 0. The van der Waals surface area contributed by atoms with E-state index in [-0.39, 0.29) is 2.85 Å². The Labute approximate surface area is 40.9 Å². The molecular formula is C4H14N2. The minimum Gasteiger partial charge on any atom is -0.314 e. The van der Waals surface area contributed by atoms with E-state index in [0.29, 0.717) is 0 Å². The van der Waals surface area contributed by atoms with Crippen molar-refractivity contribution in [2.24, 2.45) is 0 Å². The molecule has 2 N–H and O–H groups in total. The Bertz CT molecular complexity index is 27.5. The average Bonchev–Trinajstić information content (AvgIpc) is 1.72. The van der Waals surface area contributed by atoms with Gasteiger partial charge in [0.1, 0.15) is 0 Å². The van der Waals surface area contributed by atoms with Crippen LogP contribution in [0.25, 0.3) is 0 Å². The van der Waals surface area contributed by atoms with Gasteiger partial charge in [-0.1, -0.05) is 0 Å². The molecule has 0 radical (unpaired) electrons. The second-order valence-corrected chi connectivity index (χ2v) is 1.50. The second kappa shape index (κ2) is 2.16. The summed E-state index contributed by atoms with van der Waals surface area (Å²) in [7, 11) is 0. The molecule has 0 aromatic rings. The fraction of sp³-hybridized carbons (Fsp3) is 1.00. The third-order valence-corrected chi connectivity index (χ3v) is 0.957. The van der Waals surface area contributed by atoms with Crippen LogP contribution in [0.5, 0.6) is 0 Å². The van der Waals surface area contributed by atoms with Crippen molar-refractivity contribution in [3.8, 4) is 0 Å². The quantitative estimate of drug-likeness (QED) is 0.425. The van der Waals surface area contributed by atoms with Gasteiger partial charge in [-0.25, -0.2) is 0 Å². The first-order valence-electron chi connectivity index (χ1n) is 2.41. The van der Waals surface area contributed by atoms with Gasteiger partial charge in [-0.3, -0.25) is 0 Å². The van der Waals surface area contributed by atoms with Crippen LogP contribution in [0.3, 0.4) is 0 Å². The molecule has 0 aromatic carbocycles. The van der Waals surface area contributed by atoms with Crippen molar-refractivity contribution in [2.75, 3.05) is 26.2 Å². The van der Waals surface area contributed by atoms with Crippen LogP contribution in [-0.4, -0.2) is 26.2 Å². The van der Waals surface area contributed by atoms with Crippen LogP contribution in [0.2, 0.25) is 0 Å². The zero-order chi connectivity index (χ0) is 4.24. The summed E-state index contributed by atoms with van der Waals surface area (Å²) in [5.74, 6) is 0. The summed E-state index contributed by atoms with van der Waals surface area (Å²) in [5.41, 5.74) is 0. The van der Waals surface area contributed by atoms with Gasteiger partial charge in [-0.2, -0.15) is 0 Å². The summed E-state index contributed by atoms with van der Waals surface area (Å²) >= 11 is 0. The van der Waals surface area contributed by atoms with Crippen molar-refractivity contribution in [3.63, 3.8) is 0 Å². The zero-order valence-corrected chi connectivity index (χ0v) is 3.83. The van der Waals surface area contributed by atoms with Crippen molar-refractivity contribution in [2.45, 2.75) is 0 Å². The monoisotopic (exact) mass is 90.1 g/mol.